The average Bonchev–Trinajstić information content (AvgIpc) is 2.12. The van der Waals surface area contributed by atoms with Gasteiger partial charge in [0.1, 0.15) is 0 Å². The van der Waals surface area contributed by atoms with Crippen molar-refractivity contribution in [3.05, 3.63) is 0 Å². The lowest BCUT2D eigenvalue weighted by molar-refractivity contribution is 0.0850. The summed E-state index contributed by atoms with van der Waals surface area (Å²) in [5.74, 6) is 0. The molecule has 1 fully saturated rings. The largest absolute Gasteiger partial charge is 0.330 e. The van der Waals surface area contributed by atoms with E-state index in [1.165, 1.54) is 7.11 Å². The molecule has 0 aromatic rings. The molecule has 0 N–H and O–H groups in total. The fourth-order valence-electron chi connectivity index (χ4n) is 0.101. The number of ether oxygens (including phenoxy) is 1. The molecule has 0 amide bonds. The second-order valence-electron chi connectivity index (χ2n) is 0.717. The van der Waals surface area contributed by atoms with Crippen LogP contribution < -0.4 is 0 Å². The van der Waals surface area contributed by atoms with Crippen molar-refractivity contribution < 1.29 is 14.5 Å². The topological polar surface area (TPSA) is 34.3 Å². The third-order valence-electron chi connectivity index (χ3n) is 0.367. The predicted octanol–water partition coefficient (Wildman–Crippen LogP) is -0.122. The maximum atomic E-state index is 4.42. The van der Waals surface area contributed by atoms with E-state index >= 15 is 0 Å². The van der Waals surface area contributed by atoms with E-state index in [9.17, 15) is 0 Å². The zero-order chi connectivity index (χ0) is 3.70. The van der Waals surface area contributed by atoms with E-state index in [0.717, 1.165) is 0 Å². The zero-order valence-electron chi connectivity index (χ0n) is 2.80. The maximum Gasteiger partial charge on any atom is 0.329 e. The highest BCUT2D eigenvalue weighted by Gasteiger charge is 2.23. The summed E-state index contributed by atoms with van der Waals surface area (Å²) in [7, 11) is 1.51. The van der Waals surface area contributed by atoms with Crippen LogP contribution in [0.3, 0.4) is 0 Å². The molecule has 3 heteroatoms. The third-order valence-corrected chi connectivity index (χ3v) is 0.367. The molecule has 1 aliphatic heterocycles. The van der Waals surface area contributed by atoms with Crippen molar-refractivity contribution in [1.29, 1.82) is 0 Å². The van der Waals surface area contributed by atoms with Gasteiger partial charge in [0.2, 0.25) is 0 Å². The van der Waals surface area contributed by atoms with Gasteiger partial charge in [0, 0.05) is 7.11 Å². The molecule has 30 valence electrons. The van der Waals surface area contributed by atoms with Crippen molar-refractivity contribution in [3.63, 3.8) is 0 Å². The van der Waals surface area contributed by atoms with Crippen molar-refractivity contribution in [3.8, 4) is 0 Å². The molecule has 3 nitrogen and oxygen atoms in total. The first-order valence-corrected chi connectivity index (χ1v) is 1.28. The SMILES string of the molecule is COC1OO1. The van der Waals surface area contributed by atoms with Gasteiger partial charge in [-0.15, -0.1) is 0 Å². The summed E-state index contributed by atoms with van der Waals surface area (Å²) in [5, 5.41) is 0. The van der Waals surface area contributed by atoms with Gasteiger partial charge in [-0.25, -0.2) is 0 Å². The zero-order valence-corrected chi connectivity index (χ0v) is 2.80. The predicted molar refractivity (Wildman–Crippen MR) is 13.0 cm³/mol. The number of hydrogen-bond donors (Lipinski definition) is 0. The number of hydrogen-bond acceptors (Lipinski definition) is 3. The second kappa shape index (κ2) is 0.931. The summed E-state index contributed by atoms with van der Waals surface area (Å²) in [5.41, 5.74) is 0. The molecule has 1 rings (SSSR count). The summed E-state index contributed by atoms with van der Waals surface area (Å²) in [6.45, 7) is -0.366. The minimum atomic E-state index is -0.366. The molecule has 0 aliphatic carbocycles. The van der Waals surface area contributed by atoms with Crippen molar-refractivity contribution >= 4 is 0 Å². The van der Waals surface area contributed by atoms with E-state index in [2.05, 4.69) is 14.5 Å². The third kappa shape index (κ3) is 0.576. The Balaban J connectivity index is 2.00. The average molecular weight is 76.1 g/mol. The molecule has 0 bridgehead atoms. The Morgan fingerprint density at radius 2 is 2.20 bits per heavy atom. The highest BCUT2D eigenvalue weighted by Crippen LogP contribution is 2.10. The van der Waals surface area contributed by atoms with Gasteiger partial charge >= 0.3 is 6.48 Å². The molecule has 0 aromatic carbocycles. The molecule has 0 aromatic heterocycles. The Kier molecular flexibility index (Phi) is 0.574. The van der Waals surface area contributed by atoms with Gasteiger partial charge in [-0.05, 0) is 0 Å². The van der Waals surface area contributed by atoms with Gasteiger partial charge in [0.05, 0.1) is 0 Å². The van der Waals surface area contributed by atoms with Crippen LogP contribution in [0.1, 0.15) is 0 Å². The van der Waals surface area contributed by atoms with E-state index in [1.807, 2.05) is 0 Å². The highest BCUT2D eigenvalue weighted by molar-refractivity contribution is 4.14. The number of methoxy groups -OCH3 is 1. The van der Waals surface area contributed by atoms with Gasteiger partial charge in [-0.1, -0.05) is 0 Å². The summed E-state index contributed by atoms with van der Waals surface area (Å²) >= 11 is 0. The Morgan fingerprint density at radius 1 is 1.60 bits per heavy atom. The van der Waals surface area contributed by atoms with Crippen LogP contribution in [0.2, 0.25) is 0 Å². The van der Waals surface area contributed by atoms with Gasteiger partial charge in [0.15, 0.2) is 0 Å². The highest BCUT2D eigenvalue weighted by atomic mass is 17.4. The molecule has 5 heavy (non-hydrogen) atoms. The first-order chi connectivity index (χ1) is 2.43. The van der Waals surface area contributed by atoms with E-state index in [0.29, 0.717) is 0 Å². The second-order valence-corrected chi connectivity index (χ2v) is 0.717. The summed E-state index contributed by atoms with van der Waals surface area (Å²) in [4.78, 5) is 8.27. The molecule has 0 spiro atoms. The quantitative estimate of drug-likeness (QED) is 0.322. The Morgan fingerprint density at radius 3 is 2.20 bits per heavy atom. The van der Waals surface area contributed by atoms with Crippen LogP contribution in [0.4, 0.5) is 0 Å². The van der Waals surface area contributed by atoms with Crippen LogP contribution in [0.5, 0.6) is 0 Å². The monoisotopic (exact) mass is 76.0 g/mol. The molecular formula is C2H4O3. The van der Waals surface area contributed by atoms with Crippen LogP contribution in [-0.4, -0.2) is 13.6 Å². The molecule has 1 heterocycles. The van der Waals surface area contributed by atoms with E-state index in [-0.39, 0.29) is 6.48 Å². The summed E-state index contributed by atoms with van der Waals surface area (Å²) < 4.78 is 4.42. The van der Waals surface area contributed by atoms with Crippen molar-refractivity contribution in [1.82, 2.24) is 0 Å². The normalized spacial score (nSPS) is 23.4. The minimum absolute atomic E-state index is 0.366. The Bertz CT molecular complexity index is 31.9. The van der Waals surface area contributed by atoms with Gasteiger partial charge in [-0.3, -0.25) is 0 Å². The van der Waals surface area contributed by atoms with Crippen LogP contribution in [0.15, 0.2) is 0 Å². The van der Waals surface area contributed by atoms with Gasteiger partial charge in [-0.2, -0.15) is 9.78 Å². The van der Waals surface area contributed by atoms with Crippen LogP contribution in [0.25, 0.3) is 0 Å². The van der Waals surface area contributed by atoms with Gasteiger partial charge in [0.25, 0.3) is 0 Å². The smallest absolute Gasteiger partial charge is 0.329 e. The van der Waals surface area contributed by atoms with Crippen LogP contribution in [0, 0.1) is 0 Å². The first kappa shape index (κ1) is 3.08. The fourth-order valence-corrected chi connectivity index (χ4v) is 0.101. The minimum Gasteiger partial charge on any atom is -0.330 e. The molecular weight excluding hydrogens is 72.0 g/mol. The lowest BCUT2D eigenvalue weighted by Gasteiger charge is -1.70. The van der Waals surface area contributed by atoms with Crippen molar-refractivity contribution in [2.24, 2.45) is 0 Å². The van der Waals surface area contributed by atoms with Gasteiger partial charge < -0.3 is 4.74 Å². The fraction of sp³-hybridized carbons (Fsp3) is 1.00. The molecule has 1 saturated heterocycles. The molecule has 0 atom stereocenters. The Labute approximate surface area is 29.4 Å². The van der Waals surface area contributed by atoms with E-state index in [1.54, 1.807) is 0 Å². The molecule has 0 radical (unpaired) electrons. The molecule has 0 unspecified atom stereocenters. The first-order valence-electron chi connectivity index (χ1n) is 1.28. The van der Waals surface area contributed by atoms with Crippen LogP contribution >= 0.6 is 0 Å². The van der Waals surface area contributed by atoms with Crippen molar-refractivity contribution in [2.45, 2.75) is 6.48 Å². The van der Waals surface area contributed by atoms with Crippen molar-refractivity contribution in [2.75, 3.05) is 7.11 Å². The molecule has 0 saturated carbocycles. The summed E-state index contributed by atoms with van der Waals surface area (Å²) in [6, 6.07) is 0. The lowest BCUT2D eigenvalue weighted by atomic mass is 11.3. The Hall–Kier alpha value is -0.120. The van der Waals surface area contributed by atoms with E-state index in [4.69, 9.17) is 0 Å². The van der Waals surface area contributed by atoms with E-state index < -0.39 is 0 Å². The van der Waals surface area contributed by atoms with Crippen LogP contribution in [-0.2, 0) is 14.5 Å². The lowest BCUT2D eigenvalue weighted by Crippen LogP contribution is -1.82. The maximum absolute atomic E-state index is 4.42. The standard InChI is InChI=1S/C2H4O3/c1-3-2-4-5-2/h2H,1H3. The number of rotatable bonds is 1. The molecule has 1 aliphatic rings. The summed E-state index contributed by atoms with van der Waals surface area (Å²) in [6.07, 6.45) is 0.